The van der Waals surface area contributed by atoms with Crippen molar-refractivity contribution in [2.45, 2.75) is 20.8 Å². The van der Waals surface area contributed by atoms with Gasteiger partial charge in [-0.25, -0.2) is 4.98 Å². The fourth-order valence-corrected chi connectivity index (χ4v) is 0.958. The summed E-state index contributed by atoms with van der Waals surface area (Å²) >= 11 is 0. The molecule has 0 saturated heterocycles. The van der Waals surface area contributed by atoms with Crippen LogP contribution in [0.1, 0.15) is 25.1 Å². The van der Waals surface area contributed by atoms with E-state index in [2.05, 4.69) is 9.97 Å². The summed E-state index contributed by atoms with van der Waals surface area (Å²) < 4.78 is 0. The minimum absolute atomic E-state index is 0.0799. The van der Waals surface area contributed by atoms with Crippen LogP contribution < -0.4 is 5.56 Å². The summed E-state index contributed by atoms with van der Waals surface area (Å²) in [5.74, 6) is 0. The number of aromatic nitrogens is 2. The summed E-state index contributed by atoms with van der Waals surface area (Å²) in [6, 6.07) is 0. The number of aromatic amines is 1. The van der Waals surface area contributed by atoms with Crippen molar-refractivity contribution in [3.63, 3.8) is 0 Å². The molecule has 0 fully saturated rings. The maximum absolute atomic E-state index is 11.2. The van der Waals surface area contributed by atoms with Crippen LogP contribution in [0.3, 0.4) is 0 Å². The van der Waals surface area contributed by atoms with Crippen LogP contribution in [0.4, 0.5) is 0 Å². The fraction of sp³-hybridized carbons (Fsp3) is 0.333. The molecule has 0 aliphatic rings. The van der Waals surface area contributed by atoms with Crippen molar-refractivity contribution >= 4 is 6.08 Å². The summed E-state index contributed by atoms with van der Waals surface area (Å²) in [4.78, 5) is 17.8. The lowest BCUT2D eigenvalue weighted by molar-refractivity contribution is 1.05. The normalized spacial score (nSPS) is 9.58. The van der Waals surface area contributed by atoms with Gasteiger partial charge in [0.05, 0.1) is 17.6 Å². The summed E-state index contributed by atoms with van der Waals surface area (Å²) in [7, 11) is 0. The van der Waals surface area contributed by atoms with Crippen LogP contribution in [0.15, 0.2) is 16.7 Å². The van der Waals surface area contributed by atoms with Crippen molar-refractivity contribution in [1.29, 1.82) is 0 Å². The average molecular weight is 164 g/mol. The second-order valence-electron chi connectivity index (χ2n) is 2.95. The number of allylic oxidation sites excluding steroid dienone is 1. The van der Waals surface area contributed by atoms with Gasteiger partial charge in [0, 0.05) is 0 Å². The first-order valence-electron chi connectivity index (χ1n) is 3.80. The molecule has 0 saturated carbocycles. The molecular weight excluding hydrogens is 152 g/mol. The zero-order chi connectivity index (χ0) is 9.14. The zero-order valence-electron chi connectivity index (χ0n) is 7.51. The van der Waals surface area contributed by atoms with Crippen LogP contribution in [-0.2, 0) is 0 Å². The molecule has 1 heterocycles. The number of aryl methyl sites for hydroxylation is 1. The largest absolute Gasteiger partial charge is 0.313 e. The first kappa shape index (κ1) is 8.71. The molecular formula is C9H12N2O. The predicted molar refractivity (Wildman–Crippen MR) is 48.9 cm³/mol. The molecule has 1 rings (SSSR count). The van der Waals surface area contributed by atoms with Crippen molar-refractivity contribution in [2.75, 3.05) is 0 Å². The Balaban J connectivity index is 3.32. The molecule has 3 nitrogen and oxygen atoms in total. The molecule has 0 radical (unpaired) electrons. The van der Waals surface area contributed by atoms with Gasteiger partial charge in [-0.3, -0.25) is 4.79 Å². The first-order chi connectivity index (χ1) is 5.61. The maximum atomic E-state index is 11.2. The Kier molecular flexibility index (Phi) is 2.43. The smallest absolute Gasteiger partial charge is 0.258 e. The highest BCUT2D eigenvalue weighted by atomic mass is 16.1. The molecule has 0 spiro atoms. The SMILES string of the molecule is CC(C)=Cc1c(C)nc[nH]c1=O. The van der Waals surface area contributed by atoms with Crippen LogP contribution in [0, 0.1) is 6.92 Å². The Hall–Kier alpha value is -1.38. The van der Waals surface area contributed by atoms with Crippen LogP contribution in [-0.4, -0.2) is 9.97 Å². The Morgan fingerprint density at radius 1 is 1.58 bits per heavy atom. The first-order valence-corrected chi connectivity index (χ1v) is 3.80. The molecule has 0 aliphatic carbocycles. The van der Waals surface area contributed by atoms with Crippen molar-refractivity contribution < 1.29 is 0 Å². The van der Waals surface area contributed by atoms with Crippen molar-refractivity contribution in [3.8, 4) is 0 Å². The summed E-state index contributed by atoms with van der Waals surface area (Å²) in [6.45, 7) is 5.72. The molecule has 0 bridgehead atoms. The van der Waals surface area contributed by atoms with E-state index >= 15 is 0 Å². The van der Waals surface area contributed by atoms with Crippen LogP contribution in [0.2, 0.25) is 0 Å². The molecule has 0 amide bonds. The minimum Gasteiger partial charge on any atom is -0.313 e. The molecule has 0 atom stereocenters. The lowest BCUT2D eigenvalue weighted by Crippen LogP contribution is -2.11. The van der Waals surface area contributed by atoms with E-state index in [1.54, 1.807) is 0 Å². The Bertz CT molecular complexity index is 359. The standard InChI is InChI=1S/C9H12N2O/c1-6(2)4-8-7(3)10-5-11-9(8)12/h4-5H,1-3H3,(H,10,11,12). The van der Waals surface area contributed by atoms with E-state index < -0.39 is 0 Å². The highest BCUT2D eigenvalue weighted by molar-refractivity contribution is 5.52. The van der Waals surface area contributed by atoms with Crippen LogP contribution in [0.5, 0.6) is 0 Å². The van der Waals surface area contributed by atoms with Crippen molar-refractivity contribution in [3.05, 3.63) is 33.5 Å². The van der Waals surface area contributed by atoms with E-state index in [4.69, 9.17) is 0 Å². The minimum atomic E-state index is -0.0799. The van der Waals surface area contributed by atoms with Gasteiger partial charge in [0.2, 0.25) is 0 Å². The second kappa shape index (κ2) is 3.34. The molecule has 3 heteroatoms. The van der Waals surface area contributed by atoms with E-state index in [0.717, 1.165) is 11.3 Å². The third-order valence-corrected chi connectivity index (χ3v) is 1.52. The number of H-pyrrole nitrogens is 1. The van der Waals surface area contributed by atoms with E-state index in [9.17, 15) is 4.79 Å². The van der Waals surface area contributed by atoms with Gasteiger partial charge in [-0.2, -0.15) is 0 Å². The van der Waals surface area contributed by atoms with Gasteiger partial charge >= 0.3 is 0 Å². The lowest BCUT2D eigenvalue weighted by Gasteiger charge is -1.96. The topological polar surface area (TPSA) is 45.8 Å². The third-order valence-electron chi connectivity index (χ3n) is 1.52. The van der Waals surface area contributed by atoms with E-state index in [1.807, 2.05) is 26.8 Å². The van der Waals surface area contributed by atoms with Crippen LogP contribution in [0.25, 0.3) is 6.08 Å². The summed E-state index contributed by atoms with van der Waals surface area (Å²) in [5, 5.41) is 0. The molecule has 0 unspecified atom stereocenters. The van der Waals surface area contributed by atoms with E-state index in [1.165, 1.54) is 6.33 Å². The Morgan fingerprint density at radius 3 is 2.75 bits per heavy atom. The second-order valence-corrected chi connectivity index (χ2v) is 2.95. The van der Waals surface area contributed by atoms with Crippen LogP contribution >= 0.6 is 0 Å². The van der Waals surface area contributed by atoms with Gasteiger partial charge in [-0.1, -0.05) is 5.57 Å². The highest BCUT2D eigenvalue weighted by Crippen LogP contribution is 2.02. The molecule has 1 aromatic rings. The van der Waals surface area contributed by atoms with Gasteiger partial charge in [-0.15, -0.1) is 0 Å². The summed E-state index contributed by atoms with van der Waals surface area (Å²) in [6.07, 6.45) is 3.25. The molecule has 1 aromatic heterocycles. The Labute approximate surface area is 71.2 Å². The molecule has 0 aliphatic heterocycles. The molecule has 64 valence electrons. The van der Waals surface area contributed by atoms with Crippen molar-refractivity contribution in [2.24, 2.45) is 0 Å². The predicted octanol–water partition coefficient (Wildman–Crippen LogP) is 1.50. The Morgan fingerprint density at radius 2 is 2.25 bits per heavy atom. The molecule has 12 heavy (non-hydrogen) atoms. The number of nitrogens with one attached hydrogen (secondary N) is 1. The number of rotatable bonds is 1. The lowest BCUT2D eigenvalue weighted by atomic mass is 10.2. The number of nitrogens with zero attached hydrogens (tertiary/aromatic N) is 1. The third kappa shape index (κ3) is 1.81. The number of hydrogen-bond acceptors (Lipinski definition) is 2. The maximum Gasteiger partial charge on any atom is 0.258 e. The van der Waals surface area contributed by atoms with Gasteiger partial charge in [-0.05, 0) is 26.8 Å². The monoisotopic (exact) mass is 164 g/mol. The zero-order valence-corrected chi connectivity index (χ0v) is 7.51. The van der Waals surface area contributed by atoms with E-state index in [-0.39, 0.29) is 5.56 Å². The van der Waals surface area contributed by atoms with Crippen molar-refractivity contribution in [1.82, 2.24) is 9.97 Å². The van der Waals surface area contributed by atoms with Gasteiger partial charge in [0.1, 0.15) is 0 Å². The van der Waals surface area contributed by atoms with E-state index in [0.29, 0.717) is 5.56 Å². The molecule has 0 aromatic carbocycles. The average Bonchev–Trinajstić information content (AvgIpc) is 1.97. The quantitative estimate of drug-likeness (QED) is 0.683. The summed E-state index contributed by atoms with van der Waals surface area (Å²) in [5.41, 5.74) is 2.43. The van der Waals surface area contributed by atoms with Gasteiger partial charge < -0.3 is 4.98 Å². The number of hydrogen-bond donors (Lipinski definition) is 1. The van der Waals surface area contributed by atoms with Gasteiger partial charge in [0.15, 0.2) is 0 Å². The van der Waals surface area contributed by atoms with Gasteiger partial charge in [0.25, 0.3) is 5.56 Å². The fourth-order valence-electron chi connectivity index (χ4n) is 0.958. The highest BCUT2D eigenvalue weighted by Gasteiger charge is 1.99. The molecule has 1 N–H and O–H groups in total.